The topological polar surface area (TPSA) is 48.3 Å². The van der Waals surface area contributed by atoms with Crippen molar-refractivity contribution in [3.8, 4) is 11.5 Å². The summed E-state index contributed by atoms with van der Waals surface area (Å²) in [5.41, 5.74) is 1.09. The summed E-state index contributed by atoms with van der Waals surface area (Å²) in [6.07, 6.45) is 6.67. The molecule has 0 saturated heterocycles. The van der Waals surface area contributed by atoms with Crippen LogP contribution in [0.15, 0.2) is 35.3 Å². The van der Waals surface area contributed by atoms with Crippen LogP contribution in [0, 0.1) is 0 Å². The number of nitrogens with zero attached hydrogens (tertiary/aromatic N) is 2. The van der Waals surface area contributed by atoms with Gasteiger partial charge in [-0.2, -0.15) is 0 Å². The van der Waals surface area contributed by atoms with Crippen molar-refractivity contribution in [2.75, 3.05) is 20.3 Å². The maximum atomic E-state index is 5.73. The second kappa shape index (κ2) is 10.5. The summed E-state index contributed by atoms with van der Waals surface area (Å²) in [7, 11) is 1.66. The summed E-state index contributed by atoms with van der Waals surface area (Å²) in [6, 6.07) is 3.99. The van der Waals surface area contributed by atoms with Gasteiger partial charge in [-0.15, -0.1) is 12.4 Å². The highest BCUT2D eigenvalue weighted by atomic mass is 79.9. The molecule has 1 aromatic carbocycles. The first-order valence-electron chi connectivity index (χ1n) is 7.40. The Morgan fingerprint density at radius 2 is 2.17 bits per heavy atom. The molecule has 2 rings (SSSR count). The van der Waals surface area contributed by atoms with Crippen LogP contribution in [0.2, 0.25) is 0 Å². The predicted octanol–water partition coefficient (Wildman–Crippen LogP) is 3.65. The molecule has 0 spiro atoms. The van der Waals surface area contributed by atoms with Crippen LogP contribution >= 0.6 is 28.3 Å². The Kier molecular flexibility index (Phi) is 9.06. The van der Waals surface area contributed by atoms with E-state index in [2.05, 4.69) is 36.9 Å². The molecule has 0 unspecified atom stereocenters. The Morgan fingerprint density at radius 3 is 2.83 bits per heavy atom. The molecule has 1 heterocycles. The van der Waals surface area contributed by atoms with Crippen LogP contribution < -0.4 is 14.8 Å². The average Bonchev–Trinajstić information content (AvgIpc) is 3.02. The summed E-state index contributed by atoms with van der Waals surface area (Å²) >= 11 is 3.51. The van der Waals surface area contributed by atoms with Gasteiger partial charge in [-0.25, -0.2) is 4.98 Å². The van der Waals surface area contributed by atoms with Gasteiger partial charge < -0.3 is 19.4 Å². The number of imidazole rings is 1. The highest BCUT2D eigenvalue weighted by Gasteiger charge is 2.12. The van der Waals surface area contributed by atoms with Crippen LogP contribution in [0.5, 0.6) is 11.5 Å². The Labute approximate surface area is 151 Å². The molecule has 2 aromatic rings. The van der Waals surface area contributed by atoms with Crippen LogP contribution in [0.3, 0.4) is 0 Å². The molecule has 0 atom stereocenters. The summed E-state index contributed by atoms with van der Waals surface area (Å²) < 4.78 is 14.2. The van der Waals surface area contributed by atoms with Gasteiger partial charge in [-0.1, -0.05) is 15.9 Å². The van der Waals surface area contributed by atoms with Crippen LogP contribution in [-0.4, -0.2) is 29.8 Å². The third kappa shape index (κ3) is 6.05. The maximum Gasteiger partial charge on any atom is 0.165 e. The standard InChI is InChI=1S/C16H22BrN3O2.ClH/c1-3-22-16-13(9-14(17)10-15(16)21-2)11-18-5-4-7-20-8-6-19-12-20;/h6,8-10,12,18H,3-5,7,11H2,1-2H3;1H. The van der Waals surface area contributed by atoms with E-state index in [1.54, 1.807) is 13.3 Å². The fraction of sp³-hybridized carbons (Fsp3) is 0.438. The second-order valence-corrected chi connectivity index (χ2v) is 5.78. The average molecular weight is 405 g/mol. The zero-order chi connectivity index (χ0) is 15.8. The van der Waals surface area contributed by atoms with Crippen molar-refractivity contribution < 1.29 is 9.47 Å². The van der Waals surface area contributed by atoms with E-state index in [0.717, 1.165) is 47.6 Å². The fourth-order valence-corrected chi connectivity index (χ4v) is 2.73. The number of aryl methyl sites for hydroxylation is 1. The lowest BCUT2D eigenvalue weighted by Crippen LogP contribution is -2.17. The SMILES string of the molecule is CCOc1c(CNCCCn2ccnc2)cc(Br)cc1OC.Cl. The predicted molar refractivity (Wildman–Crippen MR) is 97.7 cm³/mol. The first-order chi connectivity index (χ1) is 10.7. The minimum atomic E-state index is 0. The number of methoxy groups -OCH3 is 1. The molecule has 0 fully saturated rings. The van der Waals surface area contributed by atoms with Crippen molar-refractivity contribution >= 4 is 28.3 Å². The molecule has 23 heavy (non-hydrogen) atoms. The van der Waals surface area contributed by atoms with Crippen LogP contribution in [0.25, 0.3) is 0 Å². The zero-order valence-corrected chi connectivity index (χ0v) is 15.8. The molecular weight excluding hydrogens is 382 g/mol. The number of aromatic nitrogens is 2. The number of rotatable bonds is 9. The Bertz CT molecular complexity index is 579. The summed E-state index contributed by atoms with van der Waals surface area (Å²) in [6.45, 7) is 5.23. The highest BCUT2D eigenvalue weighted by molar-refractivity contribution is 9.10. The van der Waals surface area contributed by atoms with Gasteiger partial charge in [0.1, 0.15) is 0 Å². The van der Waals surface area contributed by atoms with Crippen LogP contribution in [-0.2, 0) is 13.1 Å². The molecule has 0 aliphatic heterocycles. The van der Waals surface area contributed by atoms with Crippen molar-refractivity contribution in [1.29, 1.82) is 0 Å². The van der Waals surface area contributed by atoms with Gasteiger partial charge in [0.25, 0.3) is 0 Å². The number of hydrogen-bond acceptors (Lipinski definition) is 4. The lowest BCUT2D eigenvalue weighted by molar-refractivity contribution is 0.306. The van der Waals surface area contributed by atoms with Crippen molar-refractivity contribution in [2.24, 2.45) is 0 Å². The molecule has 0 aliphatic rings. The van der Waals surface area contributed by atoms with E-state index in [0.29, 0.717) is 6.61 Å². The lowest BCUT2D eigenvalue weighted by atomic mass is 10.2. The van der Waals surface area contributed by atoms with E-state index in [9.17, 15) is 0 Å². The fourth-order valence-electron chi connectivity index (χ4n) is 2.24. The van der Waals surface area contributed by atoms with E-state index in [-0.39, 0.29) is 12.4 Å². The van der Waals surface area contributed by atoms with Gasteiger partial charge in [-0.05, 0) is 32.0 Å². The Morgan fingerprint density at radius 1 is 1.35 bits per heavy atom. The van der Waals surface area contributed by atoms with Crippen LogP contribution in [0.1, 0.15) is 18.9 Å². The van der Waals surface area contributed by atoms with E-state index in [1.807, 2.05) is 25.5 Å². The van der Waals surface area contributed by atoms with Crippen molar-refractivity contribution in [3.05, 3.63) is 40.9 Å². The molecule has 1 aromatic heterocycles. The monoisotopic (exact) mass is 403 g/mol. The lowest BCUT2D eigenvalue weighted by Gasteiger charge is -2.15. The van der Waals surface area contributed by atoms with E-state index in [4.69, 9.17) is 9.47 Å². The summed E-state index contributed by atoms with van der Waals surface area (Å²) in [5, 5.41) is 3.45. The second-order valence-electron chi connectivity index (χ2n) is 4.86. The number of halogens is 2. The van der Waals surface area contributed by atoms with E-state index >= 15 is 0 Å². The third-order valence-corrected chi connectivity index (χ3v) is 3.71. The largest absolute Gasteiger partial charge is 0.493 e. The van der Waals surface area contributed by atoms with Crippen LogP contribution in [0.4, 0.5) is 0 Å². The normalized spacial score (nSPS) is 10.2. The van der Waals surface area contributed by atoms with Gasteiger partial charge in [0.05, 0.1) is 20.0 Å². The molecular formula is C16H23BrClN3O2. The molecule has 0 radical (unpaired) electrons. The van der Waals surface area contributed by atoms with Gasteiger partial charge >= 0.3 is 0 Å². The molecule has 1 N–H and O–H groups in total. The van der Waals surface area contributed by atoms with Gasteiger partial charge in [0, 0.05) is 35.5 Å². The quantitative estimate of drug-likeness (QED) is 0.648. The number of ether oxygens (including phenoxy) is 2. The van der Waals surface area contributed by atoms with Crippen molar-refractivity contribution in [1.82, 2.24) is 14.9 Å². The van der Waals surface area contributed by atoms with Gasteiger partial charge in [0.15, 0.2) is 11.5 Å². The van der Waals surface area contributed by atoms with E-state index < -0.39 is 0 Å². The number of benzene rings is 1. The molecule has 0 aliphatic carbocycles. The Hall–Kier alpha value is -1.24. The molecule has 0 bridgehead atoms. The number of nitrogens with one attached hydrogen (secondary N) is 1. The zero-order valence-electron chi connectivity index (χ0n) is 13.4. The number of hydrogen-bond donors (Lipinski definition) is 1. The van der Waals surface area contributed by atoms with Gasteiger partial charge in [0.2, 0.25) is 0 Å². The Balaban J connectivity index is 0.00000264. The third-order valence-electron chi connectivity index (χ3n) is 3.25. The minimum absolute atomic E-state index is 0. The van der Waals surface area contributed by atoms with Gasteiger partial charge in [-0.3, -0.25) is 0 Å². The maximum absolute atomic E-state index is 5.73. The summed E-state index contributed by atoms with van der Waals surface area (Å²) in [4.78, 5) is 4.04. The minimum Gasteiger partial charge on any atom is -0.493 e. The smallest absolute Gasteiger partial charge is 0.165 e. The first kappa shape index (κ1) is 19.8. The van der Waals surface area contributed by atoms with Crippen molar-refractivity contribution in [2.45, 2.75) is 26.4 Å². The first-order valence-corrected chi connectivity index (χ1v) is 8.19. The summed E-state index contributed by atoms with van der Waals surface area (Å²) in [5.74, 6) is 1.57. The van der Waals surface area contributed by atoms with E-state index in [1.165, 1.54) is 0 Å². The molecule has 0 amide bonds. The molecule has 0 saturated carbocycles. The molecule has 128 valence electrons. The van der Waals surface area contributed by atoms with Crippen molar-refractivity contribution in [3.63, 3.8) is 0 Å². The molecule has 5 nitrogen and oxygen atoms in total. The highest BCUT2D eigenvalue weighted by Crippen LogP contribution is 2.34. The molecule has 7 heteroatoms.